The van der Waals surface area contributed by atoms with E-state index >= 15 is 0 Å². The summed E-state index contributed by atoms with van der Waals surface area (Å²) >= 11 is 4.24. The van der Waals surface area contributed by atoms with Crippen LogP contribution in [0.5, 0.6) is 0 Å². The number of ether oxygens (including phenoxy) is 7. The predicted octanol–water partition coefficient (Wildman–Crippen LogP) is 6.13. The molecule has 5 aliphatic rings. The molecular weight excluding hydrogens is 870 g/mol. The molecule has 1 aromatic heterocycles. The molecule has 1 N–H and O–H groups in total. The zero-order valence-corrected chi connectivity index (χ0v) is 31.3. The lowest BCUT2D eigenvalue weighted by molar-refractivity contribution is -0.210. The molecule has 49 heavy (non-hydrogen) atoms. The van der Waals surface area contributed by atoms with Crippen molar-refractivity contribution in [1.82, 2.24) is 0 Å². The summed E-state index contributed by atoms with van der Waals surface area (Å²) in [5.41, 5.74) is -1.27. The average Bonchev–Trinajstić information content (AvgIpc) is 3.91. The summed E-state index contributed by atoms with van der Waals surface area (Å²) in [6, 6.07) is 3.27. The summed E-state index contributed by atoms with van der Waals surface area (Å²) < 4.78 is 41.4. The van der Waals surface area contributed by atoms with E-state index in [2.05, 4.69) is 46.4 Å². The van der Waals surface area contributed by atoms with Crippen LogP contribution < -0.4 is 0 Å². The van der Waals surface area contributed by atoms with Crippen molar-refractivity contribution in [2.24, 2.45) is 11.8 Å². The van der Waals surface area contributed by atoms with E-state index in [1.807, 2.05) is 24.3 Å². The van der Waals surface area contributed by atoms with E-state index in [9.17, 15) is 19.2 Å². The molecule has 0 amide bonds. The first-order valence-corrected chi connectivity index (χ1v) is 20.5. The monoisotopic (exact) mass is 926 g/mol. The third kappa shape index (κ3) is 13.5. The van der Waals surface area contributed by atoms with E-state index in [4.69, 9.17) is 33.5 Å². The molecule has 6 atom stereocenters. The SMILES string of the molecule is C.C.C.CO.COC(OC)C12C=CC(CC1C(C)=O)O2.COC(OC)C12C=CC(O1)C(C(C)=O)C2.II.O=C1CCO1.O=Cc1ccco1. The Labute approximate surface area is 315 Å². The Balaban J connectivity index is -0.000000581. The van der Waals surface area contributed by atoms with Crippen LogP contribution in [0.1, 0.15) is 65.9 Å². The maximum Gasteiger partial charge on any atom is 0.309 e. The molecule has 0 saturated carbocycles. The number of carbonyl (C=O) groups is 4. The molecule has 6 heterocycles. The lowest BCUT2D eigenvalue weighted by Gasteiger charge is -2.34. The van der Waals surface area contributed by atoms with Gasteiger partial charge in [0.2, 0.25) is 0 Å². The van der Waals surface area contributed by atoms with E-state index in [0.29, 0.717) is 31.5 Å². The fourth-order valence-electron chi connectivity index (χ4n) is 5.61. The van der Waals surface area contributed by atoms with Gasteiger partial charge >= 0.3 is 5.97 Å². The topological polar surface area (TPSA) is 166 Å². The Bertz CT molecular complexity index is 1130. The van der Waals surface area contributed by atoms with Gasteiger partial charge in [0.1, 0.15) is 29.4 Å². The lowest BCUT2D eigenvalue weighted by atomic mass is 9.80. The fourth-order valence-corrected chi connectivity index (χ4v) is 5.61. The van der Waals surface area contributed by atoms with Crippen LogP contribution in [0.25, 0.3) is 0 Å². The second-order valence-electron chi connectivity index (χ2n) is 10.3. The highest BCUT2D eigenvalue weighted by atomic mass is 128. The van der Waals surface area contributed by atoms with Gasteiger partial charge in [-0.05, 0) is 51.0 Å². The van der Waals surface area contributed by atoms with E-state index in [1.165, 1.54) is 6.26 Å². The first-order chi connectivity index (χ1) is 22.1. The molecule has 0 radical (unpaired) electrons. The van der Waals surface area contributed by atoms with E-state index in [0.717, 1.165) is 13.5 Å². The number of carbonyl (C=O) groups excluding carboxylic acids is 4. The van der Waals surface area contributed by atoms with Crippen LogP contribution in [0.3, 0.4) is 0 Å². The average molecular weight is 927 g/mol. The van der Waals surface area contributed by atoms with Crippen LogP contribution in [0.15, 0.2) is 47.1 Å². The molecule has 3 fully saturated rings. The van der Waals surface area contributed by atoms with Crippen molar-refractivity contribution in [3.8, 4) is 0 Å². The Morgan fingerprint density at radius 1 is 0.939 bits per heavy atom. The zero-order valence-electron chi connectivity index (χ0n) is 27.0. The molecular formula is C34H56I2O13. The molecule has 284 valence electrons. The minimum Gasteiger partial charge on any atom is -0.465 e. The Morgan fingerprint density at radius 2 is 1.49 bits per heavy atom. The highest BCUT2D eigenvalue weighted by Crippen LogP contribution is 2.47. The highest BCUT2D eigenvalue weighted by molar-refractivity contribution is 15.0. The van der Waals surface area contributed by atoms with Crippen LogP contribution in [-0.4, -0.2) is 107 Å². The van der Waals surface area contributed by atoms with Gasteiger partial charge in [-0.25, -0.2) is 0 Å². The number of hydrogen-bond donors (Lipinski definition) is 1. The molecule has 13 nitrogen and oxygen atoms in total. The first-order valence-electron chi connectivity index (χ1n) is 14.2. The van der Waals surface area contributed by atoms with Gasteiger partial charge in [0.25, 0.3) is 0 Å². The van der Waals surface area contributed by atoms with Crippen molar-refractivity contribution in [3.05, 3.63) is 48.5 Å². The standard InChI is InChI=1S/2C11H16O4.C5H4O2.C3H4O2.CH4O.3CH4.I2/c1-7(12)8-6-11(10(13-2)14-3)5-4-9(8)15-11;1-7(12)9-6-8-4-5-11(9,15-8)10(13-2)14-3;6-4-5-2-1-3-7-5;4-3-1-2-5-3;1-2;;;;1-2/h2*4-5,8-10H,6H2,1-3H3;1-4H;1-2H2;2H,1H3;3*1H4;. The van der Waals surface area contributed by atoms with Crippen molar-refractivity contribution < 1.29 is 61.9 Å². The van der Waals surface area contributed by atoms with Crippen LogP contribution in [0.4, 0.5) is 0 Å². The van der Waals surface area contributed by atoms with E-state index in [1.54, 1.807) is 54.4 Å². The number of esters is 1. The van der Waals surface area contributed by atoms with Gasteiger partial charge in [0, 0.05) is 72.8 Å². The molecule has 15 heteroatoms. The summed E-state index contributed by atoms with van der Waals surface area (Å²) in [5, 5.41) is 7.00. The van der Waals surface area contributed by atoms with Crippen LogP contribution in [-0.2, 0) is 47.5 Å². The van der Waals surface area contributed by atoms with Crippen LogP contribution in [0.2, 0.25) is 0 Å². The van der Waals surface area contributed by atoms with Gasteiger partial charge in [-0.1, -0.05) is 34.4 Å². The van der Waals surface area contributed by atoms with Crippen molar-refractivity contribution in [3.63, 3.8) is 0 Å². The Hall–Kier alpha value is -1.58. The number of aldehydes is 1. The molecule has 1 aromatic rings. The molecule has 4 bridgehead atoms. The summed E-state index contributed by atoms with van der Waals surface area (Å²) in [4.78, 5) is 42.4. The van der Waals surface area contributed by atoms with Gasteiger partial charge in [-0.15, -0.1) is 0 Å². The summed E-state index contributed by atoms with van der Waals surface area (Å²) in [7, 11) is 7.27. The largest absolute Gasteiger partial charge is 0.465 e. The number of rotatable bonds is 9. The summed E-state index contributed by atoms with van der Waals surface area (Å²) in [6.07, 6.45) is 10.9. The molecule has 3 saturated heterocycles. The van der Waals surface area contributed by atoms with Gasteiger partial charge in [-0.3, -0.25) is 19.2 Å². The number of cyclic esters (lactones) is 1. The highest BCUT2D eigenvalue weighted by Gasteiger charge is 2.57. The molecule has 5 aliphatic heterocycles. The fraction of sp³-hybridized carbons (Fsp3) is 0.647. The minimum atomic E-state index is -0.708. The number of aliphatic hydroxyl groups is 1. The van der Waals surface area contributed by atoms with Gasteiger partial charge < -0.3 is 42.7 Å². The van der Waals surface area contributed by atoms with Gasteiger partial charge in [0.15, 0.2) is 24.6 Å². The Morgan fingerprint density at radius 3 is 1.82 bits per heavy atom. The van der Waals surface area contributed by atoms with Gasteiger partial charge in [0.05, 0.1) is 36.7 Å². The molecule has 0 aromatic carbocycles. The predicted molar refractivity (Wildman–Crippen MR) is 203 cm³/mol. The number of furan rings is 1. The molecule has 0 spiro atoms. The minimum absolute atomic E-state index is 0. The summed E-state index contributed by atoms with van der Waals surface area (Å²) in [6.45, 7) is 3.83. The second-order valence-corrected chi connectivity index (χ2v) is 10.3. The van der Waals surface area contributed by atoms with Crippen molar-refractivity contribution in [2.75, 3.05) is 42.2 Å². The third-order valence-corrected chi connectivity index (χ3v) is 7.66. The maximum absolute atomic E-state index is 11.6. The number of halogens is 2. The van der Waals surface area contributed by atoms with Crippen molar-refractivity contribution in [1.29, 1.82) is 0 Å². The van der Waals surface area contributed by atoms with Crippen LogP contribution >= 0.6 is 37.2 Å². The second kappa shape index (κ2) is 26.2. The molecule has 0 aliphatic carbocycles. The molecule has 6 unspecified atom stereocenters. The van der Waals surface area contributed by atoms with Crippen LogP contribution in [0, 0.1) is 11.8 Å². The number of methoxy groups -OCH3 is 4. The third-order valence-electron chi connectivity index (χ3n) is 7.66. The normalized spacial score (nSPS) is 26.7. The number of Topliss-reactive ketones (excluding diaryl/α,β-unsaturated/α-hetero) is 2. The molecule has 6 rings (SSSR count). The lowest BCUT2D eigenvalue weighted by Crippen LogP contribution is -2.49. The van der Waals surface area contributed by atoms with E-state index < -0.39 is 23.8 Å². The number of aliphatic hydroxyl groups excluding tert-OH is 1. The van der Waals surface area contributed by atoms with E-state index in [-0.39, 0.29) is 63.9 Å². The number of hydrogen-bond acceptors (Lipinski definition) is 13. The quantitative estimate of drug-likeness (QED) is 0.0990. The Kier molecular flexibility index (Phi) is 27.7. The summed E-state index contributed by atoms with van der Waals surface area (Å²) in [5.74, 6) is 0.392. The first kappa shape index (κ1) is 51.8. The smallest absolute Gasteiger partial charge is 0.309 e. The maximum atomic E-state index is 11.6. The number of ketones is 2. The number of fused-ring (bicyclic) bond motifs is 4. The van der Waals surface area contributed by atoms with Gasteiger partial charge in [-0.2, -0.15) is 0 Å². The van der Waals surface area contributed by atoms with Crippen molar-refractivity contribution in [2.45, 2.75) is 91.4 Å². The van der Waals surface area contributed by atoms with Crippen molar-refractivity contribution >= 4 is 61.1 Å². The zero-order chi connectivity index (χ0) is 34.9.